The highest BCUT2D eigenvalue weighted by Gasteiger charge is 2.28. The minimum absolute atomic E-state index is 0.000556. The molecule has 104 valence electrons. The molecule has 0 spiro atoms. The van der Waals surface area contributed by atoms with Crippen molar-refractivity contribution in [3.63, 3.8) is 0 Å². The van der Waals surface area contributed by atoms with Crippen LogP contribution in [0.15, 0.2) is 23.1 Å². The van der Waals surface area contributed by atoms with Gasteiger partial charge in [-0.2, -0.15) is 0 Å². The predicted octanol–water partition coefficient (Wildman–Crippen LogP) is 1.78. The molecule has 2 N–H and O–H groups in total. The van der Waals surface area contributed by atoms with Gasteiger partial charge in [0.05, 0.1) is 16.6 Å². The number of rotatable bonds is 4. The lowest BCUT2D eigenvalue weighted by atomic mass is 10.1. The molecule has 0 heterocycles. The fourth-order valence-electron chi connectivity index (χ4n) is 1.89. The lowest BCUT2D eigenvalue weighted by Gasteiger charge is -2.12. The van der Waals surface area contributed by atoms with E-state index in [1.165, 1.54) is 12.1 Å². The molecule has 0 aliphatic heterocycles. The van der Waals surface area contributed by atoms with Gasteiger partial charge in [-0.05, 0) is 50.3 Å². The predicted molar refractivity (Wildman–Crippen MR) is 70.3 cm³/mol. The van der Waals surface area contributed by atoms with Crippen molar-refractivity contribution in [2.45, 2.75) is 43.6 Å². The summed E-state index contributed by atoms with van der Waals surface area (Å²) in [5.74, 6) is -0.281. The topological polar surface area (TPSA) is 86.5 Å². The van der Waals surface area contributed by atoms with Crippen LogP contribution in [0.4, 0.5) is 0 Å². The molecule has 0 unspecified atom stereocenters. The zero-order valence-corrected chi connectivity index (χ0v) is 11.7. The second-order valence-electron chi connectivity index (χ2n) is 5.03. The largest absolute Gasteiger partial charge is 0.459 e. The lowest BCUT2D eigenvalue weighted by molar-refractivity contribution is 0.0373. The molecule has 1 saturated carbocycles. The summed E-state index contributed by atoms with van der Waals surface area (Å²) in [6.07, 6.45) is 1.77. The summed E-state index contributed by atoms with van der Waals surface area (Å²) in [5, 5.41) is 5.18. The number of primary sulfonamides is 1. The summed E-state index contributed by atoms with van der Waals surface area (Å²) in [6, 6.07) is 4.74. The molecule has 19 heavy (non-hydrogen) atoms. The highest BCUT2D eigenvalue weighted by atomic mass is 32.2. The van der Waals surface area contributed by atoms with Gasteiger partial charge in [-0.3, -0.25) is 0 Å². The molecule has 5 nitrogen and oxygen atoms in total. The maximum absolute atomic E-state index is 11.9. The van der Waals surface area contributed by atoms with Crippen molar-refractivity contribution in [2.75, 3.05) is 0 Å². The van der Waals surface area contributed by atoms with Gasteiger partial charge < -0.3 is 4.74 Å². The zero-order chi connectivity index (χ0) is 14.2. The SMILES string of the molecule is CC(C)OC(=O)c1ccc(C2CC2)cc1S(N)(=O)=O. The normalized spacial score (nSPS) is 15.6. The first-order valence-electron chi connectivity index (χ1n) is 6.17. The van der Waals surface area contributed by atoms with Gasteiger partial charge in [-0.1, -0.05) is 6.07 Å². The Morgan fingerprint density at radius 1 is 1.37 bits per heavy atom. The van der Waals surface area contributed by atoms with Crippen molar-refractivity contribution < 1.29 is 17.9 Å². The van der Waals surface area contributed by atoms with E-state index in [1.54, 1.807) is 19.9 Å². The van der Waals surface area contributed by atoms with Crippen LogP contribution in [-0.2, 0) is 14.8 Å². The Balaban J connectivity index is 2.45. The number of nitrogens with two attached hydrogens (primary N) is 1. The van der Waals surface area contributed by atoms with E-state index >= 15 is 0 Å². The van der Waals surface area contributed by atoms with Crippen LogP contribution in [0.25, 0.3) is 0 Å². The third-order valence-electron chi connectivity index (χ3n) is 2.92. The summed E-state index contributed by atoms with van der Waals surface area (Å²) in [5.41, 5.74) is 0.908. The van der Waals surface area contributed by atoms with E-state index in [9.17, 15) is 13.2 Å². The summed E-state index contributed by atoms with van der Waals surface area (Å²) >= 11 is 0. The number of hydrogen-bond donors (Lipinski definition) is 1. The monoisotopic (exact) mass is 283 g/mol. The maximum Gasteiger partial charge on any atom is 0.339 e. The second-order valence-corrected chi connectivity index (χ2v) is 6.56. The number of ether oxygens (including phenoxy) is 1. The van der Waals surface area contributed by atoms with Crippen molar-refractivity contribution in [1.29, 1.82) is 0 Å². The van der Waals surface area contributed by atoms with Gasteiger partial charge in [0.1, 0.15) is 0 Å². The quantitative estimate of drug-likeness (QED) is 0.853. The third kappa shape index (κ3) is 3.33. The van der Waals surface area contributed by atoms with E-state index in [0.29, 0.717) is 5.92 Å². The molecule has 0 aromatic heterocycles. The molecule has 1 aliphatic rings. The lowest BCUT2D eigenvalue weighted by Crippen LogP contribution is -2.20. The van der Waals surface area contributed by atoms with E-state index in [4.69, 9.17) is 9.88 Å². The molecule has 0 bridgehead atoms. The van der Waals surface area contributed by atoms with Crippen molar-refractivity contribution in [3.05, 3.63) is 29.3 Å². The molecule has 0 saturated heterocycles. The van der Waals surface area contributed by atoms with E-state index in [1.807, 2.05) is 0 Å². The Labute approximate surface area is 112 Å². The fraction of sp³-hybridized carbons (Fsp3) is 0.462. The van der Waals surface area contributed by atoms with Gasteiger partial charge in [-0.25, -0.2) is 18.4 Å². The summed E-state index contributed by atoms with van der Waals surface area (Å²) in [4.78, 5) is 11.7. The fourth-order valence-corrected chi connectivity index (χ4v) is 2.65. The van der Waals surface area contributed by atoms with Crippen LogP contribution in [0.5, 0.6) is 0 Å². The molecule has 1 aromatic rings. The highest BCUT2D eigenvalue weighted by Crippen LogP contribution is 2.41. The van der Waals surface area contributed by atoms with Gasteiger partial charge in [0, 0.05) is 0 Å². The van der Waals surface area contributed by atoms with E-state index in [-0.39, 0.29) is 16.6 Å². The van der Waals surface area contributed by atoms with E-state index in [2.05, 4.69) is 0 Å². The molecule has 1 fully saturated rings. The average molecular weight is 283 g/mol. The Bertz CT molecular complexity index is 603. The van der Waals surface area contributed by atoms with Crippen molar-refractivity contribution in [3.8, 4) is 0 Å². The average Bonchev–Trinajstić information content (AvgIpc) is 3.09. The first-order chi connectivity index (χ1) is 8.79. The van der Waals surface area contributed by atoms with Crippen LogP contribution in [0.2, 0.25) is 0 Å². The molecule has 6 heteroatoms. The molecular formula is C13H17NO4S. The Kier molecular flexibility index (Phi) is 3.64. The summed E-state index contributed by atoms with van der Waals surface area (Å²) in [6.45, 7) is 3.40. The molecule has 1 aliphatic carbocycles. The van der Waals surface area contributed by atoms with E-state index < -0.39 is 16.0 Å². The second kappa shape index (κ2) is 4.94. The highest BCUT2D eigenvalue weighted by molar-refractivity contribution is 7.89. The smallest absolute Gasteiger partial charge is 0.339 e. The maximum atomic E-state index is 11.9. The molecule has 0 atom stereocenters. The first-order valence-corrected chi connectivity index (χ1v) is 7.71. The Hall–Kier alpha value is -1.40. The van der Waals surface area contributed by atoms with Crippen molar-refractivity contribution in [1.82, 2.24) is 0 Å². The first kappa shape index (κ1) is 14.0. The summed E-state index contributed by atoms with van der Waals surface area (Å²) in [7, 11) is -3.94. The molecule has 2 rings (SSSR count). The molecular weight excluding hydrogens is 266 g/mol. The van der Waals surface area contributed by atoms with Crippen molar-refractivity contribution in [2.24, 2.45) is 5.14 Å². The van der Waals surface area contributed by atoms with E-state index in [0.717, 1.165) is 18.4 Å². The number of esters is 1. The molecule has 0 amide bonds. The van der Waals surface area contributed by atoms with Gasteiger partial charge in [0.2, 0.25) is 10.0 Å². The van der Waals surface area contributed by atoms with Crippen LogP contribution in [-0.4, -0.2) is 20.5 Å². The Morgan fingerprint density at radius 2 is 2.00 bits per heavy atom. The molecule has 0 radical (unpaired) electrons. The van der Waals surface area contributed by atoms with Crippen LogP contribution in [0.1, 0.15) is 48.5 Å². The Morgan fingerprint density at radius 3 is 2.47 bits per heavy atom. The van der Waals surface area contributed by atoms with Gasteiger partial charge >= 0.3 is 5.97 Å². The van der Waals surface area contributed by atoms with Crippen molar-refractivity contribution >= 4 is 16.0 Å². The van der Waals surface area contributed by atoms with Crippen LogP contribution < -0.4 is 5.14 Å². The van der Waals surface area contributed by atoms with Crippen LogP contribution in [0.3, 0.4) is 0 Å². The number of carbonyl (C=O) groups excluding carboxylic acids is 1. The minimum atomic E-state index is -3.94. The number of benzene rings is 1. The minimum Gasteiger partial charge on any atom is -0.459 e. The van der Waals surface area contributed by atoms with Gasteiger partial charge in [0.15, 0.2) is 0 Å². The number of hydrogen-bond acceptors (Lipinski definition) is 4. The third-order valence-corrected chi connectivity index (χ3v) is 3.87. The standard InChI is InChI=1S/C13H17NO4S/c1-8(2)18-13(15)11-6-5-10(9-3-4-9)7-12(11)19(14,16)17/h5-9H,3-4H2,1-2H3,(H2,14,16,17). The van der Waals surface area contributed by atoms with Gasteiger partial charge in [0.25, 0.3) is 0 Å². The van der Waals surface area contributed by atoms with Gasteiger partial charge in [-0.15, -0.1) is 0 Å². The molecule has 1 aromatic carbocycles. The number of sulfonamides is 1. The number of carbonyl (C=O) groups is 1. The van der Waals surface area contributed by atoms with Crippen LogP contribution in [0, 0.1) is 0 Å². The summed E-state index contributed by atoms with van der Waals surface area (Å²) < 4.78 is 28.2. The van der Waals surface area contributed by atoms with Crippen LogP contribution >= 0.6 is 0 Å². The zero-order valence-electron chi connectivity index (χ0n) is 10.9.